The van der Waals surface area contributed by atoms with E-state index in [0.717, 1.165) is 5.69 Å². The zero-order valence-electron chi connectivity index (χ0n) is 9.06. The number of rotatable bonds is 3. The molecule has 1 saturated heterocycles. The summed E-state index contributed by atoms with van der Waals surface area (Å²) in [6.45, 7) is 1.36. The highest BCUT2D eigenvalue weighted by atomic mass is 19.1. The molecule has 0 amide bonds. The topological polar surface area (TPSA) is 30.3 Å². The lowest BCUT2D eigenvalue weighted by atomic mass is 10.2. The predicted octanol–water partition coefficient (Wildman–Crippen LogP) is 0.589. The van der Waals surface area contributed by atoms with E-state index in [9.17, 15) is 4.39 Å². The van der Waals surface area contributed by atoms with Crippen LogP contribution in [0.5, 0.6) is 0 Å². The van der Waals surface area contributed by atoms with Gasteiger partial charge in [0.15, 0.2) is 0 Å². The van der Waals surface area contributed by atoms with Crippen molar-refractivity contribution in [3.63, 3.8) is 0 Å². The Morgan fingerprint density at radius 2 is 2.47 bits per heavy atom. The first kappa shape index (κ1) is 10.6. The normalized spacial score (nSPS) is 26.4. The van der Waals surface area contributed by atoms with Gasteiger partial charge in [-0.1, -0.05) is 0 Å². The number of likely N-dealkylation sites (N-methyl/N-ethyl adjacent to an activating group) is 1. The molecule has 2 unspecified atom stereocenters. The minimum absolute atomic E-state index is 0.132. The van der Waals surface area contributed by atoms with E-state index in [1.165, 1.54) is 0 Å². The maximum absolute atomic E-state index is 13.4. The van der Waals surface area contributed by atoms with E-state index in [1.54, 1.807) is 4.68 Å². The molecule has 1 fully saturated rings. The van der Waals surface area contributed by atoms with E-state index in [1.807, 2.05) is 31.3 Å². The van der Waals surface area contributed by atoms with Gasteiger partial charge in [0, 0.05) is 19.8 Å². The van der Waals surface area contributed by atoms with Crippen molar-refractivity contribution in [3.05, 3.63) is 18.0 Å². The molecule has 0 radical (unpaired) electrons. The highest BCUT2D eigenvalue weighted by molar-refractivity contribution is 4.99. The van der Waals surface area contributed by atoms with Crippen LogP contribution in [0.2, 0.25) is 0 Å². The first-order chi connectivity index (χ1) is 7.16. The summed E-state index contributed by atoms with van der Waals surface area (Å²) in [6, 6.07) is 1.81. The Bertz CT molecular complexity index is 328. The lowest BCUT2D eigenvalue weighted by Crippen LogP contribution is -2.38. The zero-order chi connectivity index (χ0) is 10.8. The van der Waals surface area contributed by atoms with Crippen LogP contribution in [0.1, 0.15) is 5.69 Å². The Balaban J connectivity index is 1.94. The van der Waals surface area contributed by atoms with Crippen molar-refractivity contribution < 1.29 is 9.13 Å². The fourth-order valence-electron chi connectivity index (χ4n) is 1.84. The molecule has 5 heteroatoms. The second-order valence-corrected chi connectivity index (χ2v) is 4.02. The van der Waals surface area contributed by atoms with Crippen LogP contribution >= 0.6 is 0 Å². The molecule has 1 aliphatic heterocycles. The molecule has 2 atom stereocenters. The van der Waals surface area contributed by atoms with Crippen molar-refractivity contribution in [1.29, 1.82) is 0 Å². The number of nitrogens with zero attached hydrogens (tertiary/aromatic N) is 3. The number of aryl methyl sites for hydroxylation is 1. The summed E-state index contributed by atoms with van der Waals surface area (Å²) in [5.74, 6) is 0. The standard InChI is InChI=1S/C10H16FN3O/c1-13(10-7-15-6-9(10)11)5-8-3-4-14(2)12-8/h3-4,9-10H,5-7H2,1-2H3. The molecule has 0 bridgehead atoms. The van der Waals surface area contributed by atoms with E-state index in [4.69, 9.17) is 4.74 Å². The first-order valence-corrected chi connectivity index (χ1v) is 5.07. The van der Waals surface area contributed by atoms with Crippen LogP contribution < -0.4 is 0 Å². The molecule has 0 aliphatic carbocycles. The molecular weight excluding hydrogens is 197 g/mol. The molecule has 4 nitrogen and oxygen atoms in total. The van der Waals surface area contributed by atoms with Gasteiger partial charge in [0.05, 0.1) is 24.9 Å². The van der Waals surface area contributed by atoms with Gasteiger partial charge in [0.25, 0.3) is 0 Å². The van der Waals surface area contributed by atoms with Crippen molar-refractivity contribution >= 4 is 0 Å². The Labute approximate surface area is 88.6 Å². The van der Waals surface area contributed by atoms with Gasteiger partial charge in [0.2, 0.25) is 0 Å². The molecule has 2 rings (SSSR count). The third-order valence-electron chi connectivity index (χ3n) is 2.73. The highest BCUT2D eigenvalue weighted by Gasteiger charge is 2.31. The maximum atomic E-state index is 13.4. The smallest absolute Gasteiger partial charge is 0.141 e. The minimum atomic E-state index is -0.876. The largest absolute Gasteiger partial charge is 0.377 e. The average Bonchev–Trinajstić information content (AvgIpc) is 2.75. The number of halogens is 1. The van der Waals surface area contributed by atoms with E-state index in [2.05, 4.69) is 5.10 Å². The van der Waals surface area contributed by atoms with Crippen LogP contribution in [0, 0.1) is 0 Å². The van der Waals surface area contributed by atoms with Gasteiger partial charge in [-0.2, -0.15) is 5.10 Å². The summed E-state index contributed by atoms with van der Waals surface area (Å²) >= 11 is 0. The van der Waals surface area contributed by atoms with Gasteiger partial charge >= 0.3 is 0 Å². The van der Waals surface area contributed by atoms with Crippen LogP contribution in [0.3, 0.4) is 0 Å². The van der Waals surface area contributed by atoms with Gasteiger partial charge in [-0.15, -0.1) is 0 Å². The van der Waals surface area contributed by atoms with Crippen LogP contribution in [-0.2, 0) is 18.3 Å². The van der Waals surface area contributed by atoms with Crippen LogP contribution in [0.15, 0.2) is 12.3 Å². The van der Waals surface area contributed by atoms with E-state index in [-0.39, 0.29) is 12.6 Å². The summed E-state index contributed by atoms with van der Waals surface area (Å²) in [7, 11) is 3.78. The van der Waals surface area contributed by atoms with Gasteiger partial charge < -0.3 is 4.74 Å². The Kier molecular flexibility index (Phi) is 3.02. The molecule has 0 aromatic carbocycles. The highest BCUT2D eigenvalue weighted by Crippen LogP contribution is 2.16. The summed E-state index contributed by atoms with van der Waals surface area (Å²) in [4.78, 5) is 1.96. The quantitative estimate of drug-likeness (QED) is 0.736. The van der Waals surface area contributed by atoms with Gasteiger partial charge in [-0.25, -0.2) is 4.39 Å². The number of alkyl halides is 1. The molecule has 1 aliphatic rings. The number of hydrogen-bond donors (Lipinski definition) is 0. The third kappa shape index (κ3) is 2.35. The van der Waals surface area contributed by atoms with Crippen LogP contribution in [-0.4, -0.2) is 47.2 Å². The van der Waals surface area contributed by atoms with Crippen molar-refractivity contribution in [2.75, 3.05) is 20.3 Å². The molecule has 1 aromatic rings. The Morgan fingerprint density at radius 1 is 1.67 bits per heavy atom. The van der Waals surface area contributed by atoms with E-state index >= 15 is 0 Å². The zero-order valence-corrected chi connectivity index (χ0v) is 9.06. The lowest BCUT2D eigenvalue weighted by molar-refractivity contribution is 0.152. The maximum Gasteiger partial charge on any atom is 0.141 e. The summed E-state index contributed by atoms with van der Waals surface area (Å²) in [5.41, 5.74) is 0.958. The molecular formula is C10H16FN3O. The monoisotopic (exact) mass is 213 g/mol. The van der Waals surface area contributed by atoms with Crippen molar-refractivity contribution in [1.82, 2.24) is 14.7 Å². The third-order valence-corrected chi connectivity index (χ3v) is 2.73. The first-order valence-electron chi connectivity index (χ1n) is 5.07. The number of ether oxygens (including phenoxy) is 1. The molecule has 0 N–H and O–H groups in total. The molecule has 2 heterocycles. The van der Waals surface area contributed by atoms with Gasteiger partial charge in [-0.05, 0) is 13.1 Å². The average molecular weight is 213 g/mol. The van der Waals surface area contributed by atoms with Crippen molar-refractivity contribution in [2.24, 2.45) is 7.05 Å². The molecule has 15 heavy (non-hydrogen) atoms. The number of hydrogen-bond acceptors (Lipinski definition) is 3. The Morgan fingerprint density at radius 3 is 3.00 bits per heavy atom. The van der Waals surface area contributed by atoms with Gasteiger partial charge in [0.1, 0.15) is 6.17 Å². The lowest BCUT2D eigenvalue weighted by Gasteiger charge is -2.23. The van der Waals surface area contributed by atoms with E-state index < -0.39 is 6.17 Å². The summed E-state index contributed by atoms with van der Waals surface area (Å²) in [6.07, 6.45) is 1.01. The molecule has 0 saturated carbocycles. The fourth-order valence-corrected chi connectivity index (χ4v) is 1.84. The summed E-state index contributed by atoms with van der Waals surface area (Å²) in [5, 5.41) is 4.26. The second-order valence-electron chi connectivity index (χ2n) is 4.02. The minimum Gasteiger partial charge on any atom is -0.377 e. The second kappa shape index (κ2) is 4.28. The Hall–Kier alpha value is -0.940. The molecule has 84 valence electrons. The van der Waals surface area contributed by atoms with Crippen LogP contribution in [0.25, 0.3) is 0 Å². The van der Waals surface area contributed by atoms with Crippen LogP contribution in [0.4, 0.5) is 4.39 Å². The van der Waals surface area contributed by atoms with E-state index in [0.29, 0.717) is 13.2 Å². The fraction of sp³-hybridized carbons (Fsp3) is 0.700. The predicted molar refractivity (Wildman–Crippen MR) is 54.2 cm³/mol. The van der Waals surface area contributed by atoms with Crippen molar-refractivity contribution in [2.45, 2.75) is 18.8 Å². The molecule has 1 aromatic heterocycles. The number of aromatic nitrogens is 2. The van der Waals surface area contributed by atoms with Crippen molar-refractivity contribution in [3.8, 4) is 0 Å². The molecule has 0 spiro atoms. The van der Waals surface area contributed by atoms with Gasteiger partial charge in [-0.3, -0.25) is 9.58 Å². The SMILES string of the molecule is CN(Cc1ccn(C)n1)C1COCC1F. The summed E-state index contributed by atoms with van der Waals surface area (Å²) < 4.78 is 20.2.